The van der Waals surface area contributed by atoms with Crippen LogP contribution in [0.15, 0.2) is 42.5 Å². The molecule has 178 valence electrons. The van der Waals surface area contributed by atoms with Gasteiger partial charge in [-0.1, -0.05) is 48.3 Å². The van der Waals surface area contributed by atoms with E-state index >= 15 is 0 Å². The first kappa shape index (κ1) is 25.4. The monoisotopic (exact) mass is 497 g/mol. The van der Waals surface area contributed by atoms with Crippen LogP contribution >= 0.6 is 23.2 Å². The van der Waals surface area contributed by atoms with Crippen molar-refractivity contribution >= 4 is 40.8 Å². The van der Waals surface area contributed by atoms with E-state index in [4.69, 9.17) is 27.9 Å². The Balaban J connectivity index is 1.86. The molecular weight excluding hydrogens is 471 g/mol. The van der Waals surface area contributed by atoms with Crippen LogP contribution in [0.2, 0.25) is 10.0 Å². The van der Waals surface area contributed by atoms with Gasteiger partial charge in [-0.25, -0.2) is 8.78 Å². The van der Waals surface area contributed by atoms with Crippen molar-refractivity contribution in [3.05, 3.63) is 63.6 Å². The minimum Gasteiger partial charge on any atom is -0.466 e. The number of halogens is 4. The number of amides is 1. The fourth-order valence-electron chi connectivity index (χ4n) is 4.33. The Bertz CT molecular complexity index is 998. The third-order valence-electron chi connectivity index (χ3n) is 6.00. The molecule has 0 bridgehead atoms. The summed E-state index contributed by atoms with van der Waals surface area (Å²) in [5.41, 5.74) is 1.56. The Morgan fingerprint density at radius 1 is 1.18 bits per heavy atom. The van der Waals surface area contributed by atoms with Crippen molar-refractivity contribution in [1.82, 2.24) is 0 Å². The molecule has 1 aliphatic carbocycles. The maximum atomic E-state index is 14.7. The van der Waals surface area contributed by atoms with Gasteiger partial charge >= 0.3 is 5.97 Å². The van der Waals surface area contributed by atoms with Crippen molar-refractivity contribution in [2.75, 3.05) is 11.9 Å². The van der Waals surface area contributed by atoms with Crippen LogP contribution in [0.1, 0.15) is 50.2 Å². The summed E-state index contributed by atoms with van der Waals surface area (Å²) in [6.45, 7) is 3.79. The fourth-order valence-corrected chi connectivity index (χ4v) is 4.62. The van der Waals surface area contributed by atoms with Crippen molar-refractivity contribution in [3.63, 3.8) is 0 Å². The van der Waals surface area contributed by atoms with Crippen LogP contribution < -0.4 is 5.32 Å². The van der Waals surface area contributed by atoms with Crippen LogP contribution in [0.4, 0.5) is 14.5 Å². The van der Waals surface area contributed by atoms with Crippen molar-refractivity contribution in [1.29, 1.82) is 0 Å². The molecule has 8 heteroatoms. The molecular formula is C25H27Cl2F2NO3. The summed E-state index contributed by atoms with van der Waals surface area (Å²) in [5, 5.41) is 3.49. The quantitative estimate of drug-likeness (QED) is 0.403. The normalized spacial score (nSPS) is 19.0. The molecule has 0 saturated heterocycles. The minimum atomic E-state index is -2.94. The Hall–Kier alpha value is -2.18. The fraction of sp³-hybridized carbons (Fsp3) is 0.440. The summed E-state index contributed by atoms with van der Waals surface area (Å²) in [7, 11) is 0. The second-order valence-corrected chi connectivity index (χ2v) is 9.29. The first-order valence-electron chi connectivity index (χ1n) is 11.0. The second-order valence-electron chi connectivity index (χ2n) is 8.45. The Morgan fingerprint density at radius 3 is 2.48 bits per heavy atom. The SMILES string of the molecule is CCOC(=O)[C@@H](C)Cc1ccc(Cl)c(NC(=O)C(c2ccc(Cl)cc2)C2CCCC2(F)F)c1. The van der Waals surface area contributed by atoms with Crippen molar-refractivity contribution in [2.24, 2.45) is 11.8 Å². The number of anilines is 1. The number of carbonyl (C=O) groups is 2. The Kier molecular flexibility index (Phi) is 8.35. The van der Waals surface area contributed by atoms with Crippen LogP contribution in [0, 0.1) is 11.8 Å². The largest absolute Gasteiger partial charge is 0.466 e. The van der Waals surface area contributed by atoms with Gasteiger partial charge in [0, 0.05) is 17.4 Å². The molecule has 0 spiro atoms. The number of benzene rings is 2. The maximum absolute atomic E-state index is 14.7. The number of nitrogens with one attached hydrogen (secondary N) is 1. The first-order chi connectivity index (χ1) is 15.6. The zero-order valence-electron chi connectivity index (χ0n) is 18.5. The minimum absolute atomic E-state index is 0.239. The van der Waals surface area contributed by atoms with Crippen LogP contribution in [0.3, 0.4) is 0 Å². The lowest BCUT2D eigenvalue weighted by Gasteiger charge is -2.28. The number of hydrogen-bond donors (Lipinski definition) is 1. The number of ether oxygens (including phenoxy) is 1. The molecule has 1 saturated carbocycles. The summed E-state index contributed by atoms with van der Waals surface area (Å²) in [5.74, 6) is -6.37. The molecule has 0 aromatic heterocycles. The van der Waals surface area contributed by atoms with E-state index in [1.54, 1.807) is 56.3 Å². The molecule has 4 nitrogen and oxygen atoms in total. The van der Waals surface area contributed by atoms with Crippen molar-refractivity contribution in [3.8, 4) is 0 Å². The highest BCUT2D eigenvalue weighted by atomic mass is 35.5. The van der Waals surface area contributed by atoms with E-state index in [2.05, 4.69) is 5.32 Å². The highest BCUT2D eigenvalue weighted by Crippen LogP contribution is 2.48. The topological polar surface area (TPSA) is 55.4 Å². The maximum Gasteiger partial charge on any atom is 0.308 e. The average molecular weight is 498 g/mol. The van der Waals surface area contributed by atoms with E-state index in [1.807, 2.05) is 0 Å². The van der Waals surface area contributed by atoms with Crippen molar-refractivity contribution in [2.45, 2.75) is 51.4 Å². The lowest BCUT2D eigenvalue weighted by Crippen LogP contribution is -2.35. The van der Waals surface area contributed by atoms with E-state index in [0.717, 1.165) is 5.56 Å². The van der Waals surface area contributed by atoms with Gasteiger partial charge in [-0.05, 0) is 61.6 Å². The molecule has 2 aromatic carbocycles. The average Bonchev–Trinajstić information content (AvgIpc) is 3.11. The second kappa shape index (κ2) is 10.8. The van der Waals surface area contributed by atoms with E-state index in [-0.39, 0.29) is 29.8 Å². The molecule has 1 aliphatic rings. The number of rotatable bonds is 8. The Morgan fingerprint density at radius 2 is 1.88 bits per heavy atom. The molecule has 1 amide bonds. The van der Waals surface area contributed by atoms with Crippen LogP contribution in [0.5, 0.6) is 0 Å². The van der Waals surface area contributed by atoms with E-state index < -0.39 is 23.7 Å². The molecule has 3 atom stereocenters. The molecule has 0 aliphatic heterocycles. The van der Waals surface area contributed by atoms with E-state index in [9.17, 15) is 18.4 Å². The highest BCUT2D eigenvalue weighted by Gasteiger charge is 2.50. The van der Waals surface area contributed by atoms with E-state index in [1.165, 1.54) is 0 Å². The zero-order valence-corrected chi connectivity index (χ0v) is 20.1. The predicted molar refractivity (Wildman–Crippen MR) is 126 cm³/mol. The molecule has 2 unspecified atom stereocenters. The number of carbonyl (C=O) groups excluding carboxylic acids is 2. The third-order valence-corrected chi connectivity index (χ3v) is 6.58. The van der Waals surface area contributed by atoms with Gasteiger partial charge in [0.25, 0.3) is 5.92 Å². The molecule has 1 fully saturated rings. The highest BCUT2D eigenvalue weighted by molar-refractivity contribution is 6.33. The summed E-state index contributed by atoms with van der Waals surface area (Å²) in [4.78, 5) is 25.3. The first-order valence-corrected chi connectivity index (χ1v) is 11.8. The molecule has 0 heterocycles. The number of hydrogen-bond acceptors (Lipinski definition) is 3. The van der Waals surface area contributed by atoms with Gasteiger partial charge in [0.2, 0.25) is 5.91 Å². The van der Waals surface area contributed by atoms with E-state index in [0.29, 0.717) is 35.7 Å². The van der Waals surface area contributed by atoms with Gasteiger partial charge in [-0.2, -0.15) is 0 Å². The van der Waals surface area contributed by atoms with Crippen molar-refractivity contribution < 1.29 is 23.1 Å². The molecule has 0 radical (unpaired) electrons. The van der Waals surface area contributed by atoms with Gasteiger partial charge in [0.1, 0.15) is 0 Å². The number of alkyl halides is 2. The lowest BCUT2D eigenvalue weighted by atomic mass is 9.82. The molecule has 33 heavy (non-hydrogen) atoms. The standard InChI is InChI=1S/C25H27Cl2F2NO3/c1-3-33-24(32)15(2)13-16-6-11-20(27)21(14-16)30-23(31)22(17-7-9-18(26)10-8-17)19-5-4-12-25(19,28)29/h6-11,14-15,19,22H,3-5,12-13H2,1-2H3,(H,30,31)/t15-,19?,22?/m0/s1. The predicted octanol–water partition coefficient (Wildman–Crippen LogP) is 6.89. The molecule has 1 N–H and O–H groups in total. The zero-order chi connectivity index (χ0) is 24.2. The van der Waals surface area contributed by atoms with Gasteiger partial charge < -0.3 is 10.1 Å². The smallest absolute Gasteiger partial charge is 0.308 e. The van der Waals surface area contributed by atoms with Crippen LogP contribution in [-0.2, 0) is 20.7 Å². The van der Waals surface area contributed by atoms with Crippen LogP contribution in [0.25, 0.3) is 0 Å². The van der Waals surface area contributed by atoms with Gasteiger partial charge in [0.05, 0.1) is 29.2 Å². The van der Waals surface area contributed by atoms with Gasteiger partial charge in [-0.3, -0.25) is 9.59 Å². The lowest BCUT2D eigenvalue weighted by molar-refractivity contribution is -0.147. The summed E-state index contributed by atoms with van der Waals surface area (Å²) >= 11 is 12.3. The summed E-state index contributed by atoms with van der Waals surface area (Å²) in [6.07, 6.45) is 0.757. The molecule has 2 aromatic rings. The van der Waals surface area contributed by atoms with Gasteiger partial charge in [0.15, 0.2) is 0 Å². The summed E-state index contributed by atoms with van der Waals surface area (Å²) < 4.78 is 34.4. The van der Waals surface area contributed by atoms with Crippen LogP contribution in [-0.4, -0.2) is 24.4 Å². The van der Waals surface area contributed by atoms with Gasteiger partial charge in [-0.15, -0.1) is 0 Å². The number of esters is 1. The molecule has 3 rings (SSSR count). The Labute approximate surface area is 202 Å². The summed E-state index contributed by atoms with van der Waals surface area (Å²) in [6, 6.07) is 11.5. The third kappa shape index (κ3) is 6.24.